The standard InChI is InChI=1S/C14H21NO4/c1-11(9-12-3-5-13(16)6-4-12)15(7-8-19-2)10-14(17)18/h3-6,11,16H,7-10H2,1-2H3,(H,17,18). The molecule has 0 aliphatic rings. The molecule has 0 bridgehead atoms. The van der Waals surface area contributed by atoms with E-state index in [1.807, 2.05) is 24.0 Å². The van der Waals surface area contributed by atoms with E-state index in [-0.39, 0.29) is 18.3 Å². The summed E-state index contributed by atoms with van der Waals surface area (Å²) < 4.78 is 5.00. The first-order valence-corrected chi connectivity index (χ1v) is 6.25. The molecule has 0 aliphatic carbocycles. The SMILES string of the molecule is COCCN(CC(=O)O)C(C)Cc1ccc(O)cc1. The fraction of sp³-hybridized carbons (Fsp3) is 0.500. The van der Waals surface area contributed by atoms with Crippen LogP contribution in [0.1, 0.15) is 12.5 Å². The van der Waals surface area contributed by atoms with Crippen molar-refractivity contribution in [3.63, 3.8) is 0 Å². The van der Waals surface area contributed by atoms with Crippen molar-refractivity contribution < 1.29 is 19.7 Å². The Bertz CT molecular complexity index is 391. The molecule has 19 heavy (non-hydrogen) atoms. The van der Waals surface area contributed by atoms with Crippen LogP contribution in [0, 0.1) is 0 Å². The number of carboxylic acids is 1. The van der Waals surface area contributed by atoms with Gasteiger partial charge in [-0.3, -0.25) is 9.69 Å². The van der Waals surface area contributed by atoms with E-state index in [0.717, 1.165) is 12.0 Å². The third-order valence-corrected chi connectivity index (χ3v) is 3.01. The molecule has 106 valence electrons. The van der Waals surface area contributed by atoms with Crippen LogP contribution >= 0.6 is 0 Å². The van der Waals surface area contributed by atoms with Crippen molar-refractivity contribution in [2.75, 3.05) is 26.8 Å². The molecule has 1 atom stereocenters. The fourth-order valence-electron chi connectivity index (χ4n) is 1.94. The van der Waals surface area contributed by atoms with Crippen molar-refractivity contribution in [3.8, 4) is 5.75 Å². The quantitative estimate of drug-likeness (QED) is 0.744. The molecule has 0 aliphatic heterocycles. The van der Waals surface area contributed by atoms with Gasteiger partial charge in [-0.2, -0.15) is 0 Å². The average Bonchev–Trinajstić information content (AvgIpc) is 2.36. The minimum Gasteiger partial charge on any atom is -0.508 e. The molecule has 5 heteroatoms. The minimum atomic E-state index is -0.839. The zero-order chi connectivity index (χ0) is 14.3. The van der Waals surface area contributed by atoms with Crippen LogP contribution in [-0.4, -0.2) is 53.9 Å². The number of carboxylic acid groups (broad SMARTS) is 1. The molecule has 0 radical (unpaired) electrons. The van der Waals surface area contributed by atoms with E-state index in [1.54, 1.807) is 19.2 Å². The summed E-state index contributed by atoms with van der Waals surface area (Å²) in [5.41, 5.74) is 1.07. The lowest BCUT2D eigenvalue weighted by Crippen LogP contribution is -2.40. The highest BCUT2D eigenvalue weighted by atomic mass is 16.5. The highest BCUT2D eigenvalue weighted by molar-refractivity contribution is 5.69. The number of methoxy groups -OCH3 is 1. The third kappa shape index (κ3) is 5.72. The first-order valence-electron chi connectivity index (χ1n) is 6.25. The van der Waals surface area contributed by atoms with Gasteiger partial charge in [-0.1, -0.05) is 12.1 Å². The number of hydrogen-bond acceptors (Lipinski definition) is 4. The Kier molecular flexibility index (Phi) is 6.32. The summed E-state index contributed by atoms with van der Waals surface area (Å²) in [6.07, 6.45) is 0.733. The number of nitrogens with zero attached hydrogens (tertiary/aromatic N) is 1. The van der Waals surface area contributed by atoms with Gasteiger partial charge in [0, 0.05) is 19.7 Å². The Morgan fingerprint density at radius 2 is 2.00 bits per heavy atom. The number of hydrogen-bond donors (Lipinski definition) is 2. The van der Waals surface area contributed by atoms with E-state index in [4.69, 9.17) is 9.84 Å². The Hall–Kier alpha value is -1.59. The molecule has 0 fully saturated rings. The Morgan fingerprint density at radius 3 is 2.53 bits per heavy atom. The predicted octanol–water partition coefficient (Wildman–Crippen LogP) is 1.36. The molecule has 1 aromatic rings. The number of rotatable bonds is 8. The van der Waals surface area contributed by atoms with E-state index < -0.39 is 5.97 Å². The van der Waals surface area contributed by atoms with Gasteiger partial charge in [0.25, 0.3) is 0 Å². The number of carbonyl (C=O) groups is 1. The van der Waals surface area contributed by atoms with Gasteiger partial charge in [-0.15, -0.1) is 0 Å². The van der Waals surface area contributed by atoms with Crippen molar-refractivity contribution >= 4 is 5.97 Å². The second-order valence-electron chi connectivity index (χ2n) is 4.58. The molecular weight excluding hydrogens is 246 g/mol. The van der Waals surface area contributed by atoms with E-state index in [1.165, 1.54) is 0 Å². The maximum Gasteiger partial charge on any atom is 0.317 e. The lowest BCUT2D eigenvalue weighted by molar-refractivity contribution is -0.139. The zero-order valence-corrected chi connectivity index (χ0v) is 11.4. The normalized spacial score (nSPS) is 12.6. The van der Waals surface area contributed by atoms with Crippen LogP contribution in [0.25, 0.3) is 0 Å². The number of aliphatic carboxylic acids is 1. The minimum absolute atomic E-state index is 0.00259. The lowest BCUT2D eigenvalue weighted by Gasteiger charge is -2.27. The maximum absolute atomic E-state index is 10.9. The third-order valence-electron chi connectivity index (χ3n) is 3.01. The topological polar surface area (TPSA) is 70.0 Å². The van der Waals surface area contributed by atoms with Crippen LogP contribution in [0.3, 0.4) is 0 Å². The number of aromatic hydroxyl groups is 1. The van der Waals surface area contributed by atoms with E-state index in [0.29, 0.717) is 13.2 Å². The van der Waals surface area contributed by atoms with Crippen LogP contribution in [0.15, 0.2) is 24.3 Å². The summed E-state index contributed by atoms with van der Waals surface area (Å²) in [5, 5.41) is 18.1. The first kappa shape index (κ1) is 15.5. The molecule has 0 heterocycles. The zero-order valence-electron chi connectivity index (χ0n) is 11.4. The van der Waals surface area contributed by atoms with Gasteiger partial charge in [0.05, 0.1) is 13.2 Å². The molecule has 1 aromatic carbocycles. The lowest BCUT2D eigenvalue weighted by atomic mass is 10.1. The van der Waals surface area contributed by atoms with Crippen LogP contribution < -0.4 is 0 Å². The predicted molar refractivity (Wildman–Crippen MR) is 72.4 cm³/mol. The molecule has 1 rings (SSSR count). The summed E-state index contributed by atoms with van der Waals surface area (Å²) >= 11 is 0. The largest absolute Gasteiger partial charge is 0.508 e. The van der Waals surface area contributed by atoms with E-state index >= 15 is 0 Å². The van der Waals surface area contributed by atoms with Crippen molar-refractivity contribution in [1.82, 2.24) is 4.90 Å². The summed E-state index contributed by atoms with van der Waals surface area (Å²) in [5.74, 6) is -0.605. The van der Waals surface area contributed by atoms with Gasteiger partial charge < -0.3 is 14.9 Å². The van der Waals surface area contributed by atoms with Gasteiger partial charge in [-0.25, -0.2) is 0 Å². The van der Waals surface area contributed by atoms with Crippen molar-refractivity contribution in [2.45, 2.75) is 19.4 Å². The fourth-order valence-corrected chi connectivity index (χ4v) is 1.94. The van der Waals surface area contributed by atoms with Gasteiger partial charge in [0.2, 0.25) is 0 Å². The molecule has 0 saturated heterocycles. The molecule has 0 amide bonds. The molecule has 0 spiro atoms. The van der Waals surface area contributed by atoms with Gasteiger partial charge in [0.15, 0.2) is 0 Å². The van der Waals surface area contributed by atoms with Crippen LogP contribution in [-0.2, 0) is 16.0 Å². The van der Waals surface area contributed by atoms with E-state index in [2.05, 4.69) is 0 Å². The van der Waals surface area contributed by atoms with E-state index in [9.17, 15) is 9.90 Å². The van der Waals surface area contributed by atoms with Crippen molar-refractivity contribution in [1.29, 1.82) is 0 Å². The Balaban J connectivity index is 2.61. The summed E-state index contributed by atoms with van der Waals surface area (Å²) in [7, 11) is 1.60. The number of phenols is 1. The molecule has 0 aromatic heterocycles. The van der Waals surface area contributed by atoms with Crippen molar-refractivity contribution in [2.24, 2.45) is 0 Å². The van der Waals surface area contributed by atoms with Crippen LogP contribution in [0.2, 0.25) is 0 Å². The molecule has 5 nitrogen and oxygen atoms in total. The summed E-state index contributed by atoms with van der Waals surface area (Å²) in [6.45, 7) is 3.09. The Morgan fingerprint density at radius 1 is 1.37 bits per heavy atom. The highest BCUT2D eigenvalue weighted by Gasteiger charge is 2.17. The molecule has 2 N–H and O–H groups in total. The average molecular weight is 267 g/mol. The molecule has 0 saturated carbocycles. The summed E-state index contributed by atoms with van der Waals surface area (Å²) in [6, 6.07) is 7.07. The molecular formula is C14H21NO4. The summed E-state index contributed by atoms with van der Waals surface area (Å²) in [4.78, 5) is 12.7. The first-order chi connectivity index (χ1) is 9.02. The monoisotopic (exact) mass is 267 g/mol. The van der Waals surface area contributed by atoms with Gasteiger partial charge in [-0.05, 0) is 31.0 Å². The van der Waals surface area contributed by atoms with Gasteiger partial charge in [0.1, 0.15) is 5.75 Å². The molecule has 1 unspecified atom stereocenters. The number of phenolic OH excluding ortho intramolecular Hbond substituents is 1. The number of ether oxygens (including phenoxy) is 1. The Labute approximate surface area is 113 Å². The van der Waals surface area contributed by atoms with Crippen LogP contribution in [0.4, 0.5) is 0 Å². The smallest absolute Gasteiger partial charge is 0.317 e. The van der Waals surface area contributed by atoms with Crippen molar-refractivity contribution in [3.05, 3.63) is 29.8 Å². The second kappa shape index (κ2) is 7.76. The maximum atomic E-state index is 10.9. The van der Waals surface area contributed by atoms with Gasteiger partial charge >= 0.3 is 5.97 Å². The van der Waals surface area contributed by atoms with Crippen LogP contribution in [0.5, 0.6) is 5.75 Å². The number of benzene rings is 1. The highest BCUT2D eigenvalue weighted by Crippen LogP contribution is 2.13. The second-order valence-corrected chi connectivity index (χ2v) is 4.58.